The number of halogens is 1. The van der Waals surface area contributed by atoms with E-state index in [0.29, 0.717) is 5.02 Å². The average Bonchev–Trinajstić information content (AvgIpc) is 2.31. The number of esters is 1. The Morgan fingerprint density at radius 1 is 1.35 bits per heavy atom. The summed E-state index contributed by atoms with van der Waals surface area (Å²) >= 11 is 5.78. The lowest BCUT2D eigenvalue weighted by molar-refractivity contribution is -0.143. The van der Waals surface area contributed by atoms with E-state index in [0.717, 1.165) is 5.56 Å². The van der Waals surface area contributed by atoms with Crippen molar-refractivity contribution in [2.75, 3.05) is 7.11 Å². The Bertz CT molecular complexity index is 398. The van der Waals surface area contributed by atoms with Gasteiger partial charge in [0.25, 0.3) is 0 Å². The standard InChI is InChI=1S/C13H16ClNO2/c1-9(2)12(13(16)17-3)15-8-10-4-6-11(14)7-5-10/h4-9,12H,1-3H3/t12-/m1/s1. The lowest BCUT2D eigenvalue weighted by Gasteiger charge is -2.13. The van der Waals surface area contributed by atoms with Gasteiger partial charge in [0.15, 0.2) is 0 Å². The first-order valence-electron chi connectivity index (χ1n) is 5.41. The van der Waals surface area contributed by atoms with Crippen molar-refractivity contribution in [3.05, 3.63) is 34.9 Å². The first-order valence-corrected chi connectivity index (χ1v) is 5.79. The molecule has 0 N–H and O–H groups in total. The van der Waals surface area contributed by atoms with Crippen LogP contribution in [0, 0.1) is 5.92 Å². The second kappa shape index (κ2) is 6.40. The third-order valence-corrected chi connectivity index (χ3v) is 2.58. The van der Waals surface area contributed by atoms with Crippen LogP contribution in [0.5, 0.6) is 0 Å². The molecule has 17 heavy (non-hydrogen) atoms. The van der Waals surface area contributed by atoms with Crippen LogP contribution in [0.1, 0.15) is 19.4 Å². The van der Waals surface area contributed by atoms with Crippen molar-refractivity contribution >= 4 is 23.8 Å². The Labute approximate surface area is 106 Å². The first kappa shape index (κ1) is 13.7. The molecule has 0 heterocycles. The number of carbonyl (C=O) groups excluding carboxylic acids is 1. The molecule has 1 rings (SSSR count). The molecule has 0 aliphatic carbocycles. The summed E-state index contributed by atoms with van der Waals surface area (Å²) < 4.78 is 4.71. The van der Waals surface area contributed by atoms with Crippen LogP contribution >= 0.6 is 11.6 Å². The molecule has 0 bridgehead atoms. The molecule has 0 saturated carbocycles. The SMILES string of the molecule is COC(=O)[C@H](N=Cc1ccc(Cl)cc1)C(C)C. The van der Waals surface area contributed by atoms with Crippen LogP contribution in [0.25, 0.3) is 0 Å². The van der Waals surface area contributed by atoms with Crippen molar-refractivity contribution in [3.63, 3.8) is 0 Å². The zero-order chi connectivity index (χ0) is 12.8. The highest BCUT2D eigenvalue weighted by molar-refractivity contribution is 6.30. The minimum atomic E-state index is -0.462. The van der Waals surface area contributed by atoms with E-state index in [-0.39, 0.29) is 11.9 Å². The van der Waals surface area contributed by atoms with Crippen LogP contribution < -0.4 is 0 Å². The van der Waals surface area contributed by atoms with Crippen molar-refractivity contribution in [1.82, 2.24) is 0 Å². The molecule has 0 spiro atoms. The summed E-state index contributed by atoms with van der Waals surface area (Å²) in [4.78, 5) is 15.7. The molecule has 1 atom stereocenters. The quantitative estimate of drug-likeness (QED) is 0.611. The second-order valence-electron chi connectivity index (χ2n) is 4.04. The highest BCUT2D eigenvalue weighted by atomic mass is 35.5. The Hall–Kier alpha value is -1.35. The third kappa shape index (κ3) is 4.19. The summed E-state index contributed by atoms with van der Waals surface area (Å²) in [6.45, 7) is 3.86. The number of nitrogens with zero attached hydrogens (tertiary/aromatic N) is 1. The maximum Gasteiger partial charge on any atom is 0.330 e. The number of ether oxygens (including phenoxy) is 1. The predicted molar refractivity (Wildman–Crippen MR) is 69.7 cm³/mol. The van der Waals surface area contributed by atoms with Crippen LogP contribution in [0.4, 0.5) is 0 Å². The summed E-state index contributed by atoms with van der Waals surface area (Å²) in [7, 11) is 1.37. The van der Waals surface area contributed by atoms with Gasteiger partial charge in [0.1, 0.15) is 6.04 Å². The molecule has 0 radical (unpaired) electrons. The number of carbonyl (C=O) groups is 1. The van der Waals surface area contributed by atoms with Crippen LogP contribution in [-0.2, 0) is 9.53 Å². The van der Waals surface area contributed by atoms with Crippen molar-refractivity contribution in [1.29, 1.82) is 0 Å². The largest absolute Gasteiger partial charge is 0.467 e. The number of hydrogen-bond donors (Lipinski definition) is 0. The van der Waals surface area contributed by atoms with Crippen LogP contribution in [-0.4, -0.2) is 25.3 Å². The molecule has 0 amide bonds. The van der Waals surface area contributed by atoms with Gasteiger partial charge in [-0.25, -0.2) is 4.79 Å². The van der Waals surface area contributed by atoms with Gasteiger partial charge >= 0.3 is 5.97 Å². The number of methoxy groups -OCH3 is 1. The minimum Gasteiger partial charge on any atom is -0.467 e. The topological polar surface area (TPSA) is 38.7 Å². The van der Waals surface area contributed by atoms with Gasteiger partial charge < -0.3 is 4.74 Å². The van der Waals surface area contributed by atoms with E-state index in [1.54, 1.807) is 18.3 Å². The smallest absolute Gasteiger partial charge is 0.330 e. The van der Waals surface area contributed by atoms with Crippen molar-refractivity contribution in [2.24, 2.45) is 10.9 Å². The fourth-order valence-electron chi connectivity index (χ4n) is 1.34. The third-order valence-electron chi connectivity index (χ3n) is 2.33. The normalized spacial score (nSPS) is 13.0. The summed E-state index contributed by atoms with van der Waals surface area (Å²) in [6, 6.07) is 6.80. The van der Waals surface area contributed by atoms with E-state index in [4.69, 9.17) is 16.3 Å². The molecule has 92 valence electrons. The maximum absolute atomic E-state index is 11.5. The lowest BCUT2D eigenvalue weighted by Crippen LogP contribution is -2.25. The summed E-state index contributed by atoms with van der Waals surface area (Å²) in [5.74, 6) is -0.212. The minimum absolute atomic E-state index is 0.103. The number of rotatable bonds is 4. The van der Waals surface area contributed by atoms with Gasteiger partial charge in [-0.1, -0.05) is 37.6 Å². The van der Waals surface area contributed by atoms with E-state index in [9.17, 15) is 4.79 Å². The predicted octanol–water partition coefficient (Wildman–Crippen LogP) is 2.96. The molecule has 0 aliphatic rings. The fourth-order valence-corrected chi connectivity index (χ4v) is 1.47. The van der Waals surface area contributed by atoms with Gasteiger partial charge in [-0.05, 0) is 23.6 Å². The molecule has 0 unspecified atom stereocenters. The highest BCUT2D eigenvalue weighted by Crippen LogP contribution is 2.11. The Kier molecular flexibility index (Phi) is 5.16. The van der Waals surface area contributed by atoms with Crippen molar-refractivity contribution < 1.29 is 9.53 Å². The molecule has 0 aliphatic heterocycles. The molecule has 1 aromatic carbocycles. The highest BCUT2D eigenvalue weighted by Gasteiger charge is 2.20. The fraction of sp³-hybridized carbons (Fsp3) is 0.385. The van der Waals surface area contributed by atoms with Gasteiger partial charge in [-0.15, -0.1) is 0 Å². The second-order valence-corrected chi connectivity index (χ2v) is 4.48. The Morgan fingerprint density at radius 3 is 2.41 bits per heavy atom. The van der Waals surface area contributed by atoms with Crippen LogP contribution in [0.2, 0.25) is 5.02 Å². The Morgan fingerprint density at radius 2 is 1.94 bits per heavy atom. The number of aliphatic imine (C=N–C) groups is 1. The molecule has 3 nitrogen and oxygen atoms in total. The zero-order valence-corrected chi connectivity index (χ0v) is 10.9. The van der Waals surface area contributed by atoms with E-state index in [2.05, 4.69) is 4.99 Å². The molecule has 1 aromatic rings. The monoisotopic (exact) mass is 253 g/mol. The molecular formula is C13H16ClNO2. The molecule has 0 fully saturated rings. The lowest BCUT2D eigenvalue weighted by atomic mass is 10.1. The van der Waals surface area contributed by atoms with Crippen LogP contribution in [0.15, 0.2) is 29.3 Å². The summed E-state index contributed by atoms with van der Waals surface area (Å²) in [5, 5.41) is 0.676. The number of hydrogen-bond acceptors (Lipinski definition) is 3. The molecule has 0 saturated heterocycles. The van der Waals surface area contributed by atoms with Crippen molar-refractivity contribution in [2.45, 2.75) is 19.9 Å². The molecule has 0 aromatic heterocycles. The molecule has 4 heteroatoms. The average molecular weight is 254 g/mol. The molecular weight excluding hydrogens is 238 g/mol. The van der Waals surface area contributed by atoms with Crippen LogP contribution in [0.3, 0.4) is 0 Å². The summed E-state index contributed by atoms with van der Waals surface area (Å²) in [5.41, 5.74) is 0.906. The zero-order valence-electron chi connectivity index (χ0n) is 10.2. The van der Waals surface area contributed by atoms with Crippen molar-refractivity contribution in [3.8, 4) is 0 Å². The van der Waals surface area contributed by atoms with Gasteiger partial charge in [0.2, 0.25) is 0 Å². The Balaban J connectivity index is 2.79. The van der Waals surface area contributed by atoms with E-state index in [1.165, 1.54) is 7.11 Å². The first-order chi connectivity index (χ1) is 8.04. The van der Waals surface area contributed by atoms with Gasteiger partial charge in [0.05, 0.1) is 7.11 Å². The van der Waals surface area contributed by atoms with Gasteiger partial charge in [-0.2, -0.15) is 0 Å². The van der Waals surface area contributed by atoms with Gasteiger partial charge in [0, 0.05) is 11.2 Å². The van der Waals surface area contributed by atoms with E-state index in [1.807, 2.05) is 26.0 Å². The summed E-state index contributed by atoms with van der Waals surface area (Å²) in [6.07, 6.45) is 1.66. The maximum atomic E-state index is 11.5. The van der Waals surface area contributed by atoms with E-state index >= 15 is 0 Å². The van der Waals surface area contributed by atoms with Gasteiger partial charge in [-0.3, -0.25) is 4.99 Å². The van der Waals surface area contributed by atoms with E-state index < -0.39 is 6.04 Å². The number of benzene rings is 1.